The first-order valence-electron chi connectivity index (χ1n) is 6.49. The third-order valence-corrected chi connectivity index (χ3v) is 3.72. The summed E-state index contributed by atoms with van der Waals surface area (Å²) in [4.78, 5) is 11.2. The van der Waals surface area contributed by atoms with Crippen molar-refractivity contribution in [2.75, 3.05) is 11.9 Å². The van der Waals surface area contributed by atoms with Crippen molar-refractivity contribution in [1.82, 2.24) is 0 Å². The van der Waals surface area contributed by atoms with Gasteiger partial charge in [0.2, 0.25) is 0 Å². The Kier molecular flexibility index (Phi) is 4.96. The number of rotatable bonds is 5. The molecule has 0 aliphatic carbocycles. The van der Waals surface area contributed by atoms with Gasteiger partial charge in [-0.05, 0) is 54.8 Å². The Bertz CT molecular complexity index is 673. The van der Waals surface area contributed by atoms with Gasteiger partial charge in [0.25, 0.3) is 0 Å². The second-order valence-electron chi connectivity index (χ2n) is 4.74. The molecule has 2 N–H and O–H groups in total. The minimum absolute atomic E-state index is 0.222. The van der Waals surface area contributed by atoms with E-state index in [2.05, 4.69) is 21.2 Å². The number of halogens is 2. The van der Waals surface area contributed by atoms with Gasteiger partial charge in [0.1, 0.15) is 5.82 Å². The molecule has 0 atom stereocenters. The zero-order valence-corrected chi connectivity index (χ0v) is 13.1. The van der Waals surface area contributed by atoms with Gasteiger partial charge in [-0.2, -0.15) is 0 Å². The number of nitrogens with one attached hydrogen (secondary N) is 1. The number of hydrogen-bond acceptors (Lipinski definition) is 2. The average molecular weight is 352 g/mol. The highest BCUT2D eigenvalue weighted by Gasteiger charge is 2.10. The van der Waals surface area contributed by atoms with Gasteiger partial charge in [-0.3, -0.25) is 0 Å². The van der Waals surface area contributed by atoms with E-state index >= 15 is 0 Å². The van der Waals surface area contributed by atoms with Gasteiger partial charge in [0.15, 0.2) is 0 Å². The van der Waals surface area contributed by atoms with Gasteiger partial charge >= 0.3 is 5.97 Å². The molecule has 0 saturated carbocycles. The second-order valence-corrected chi connectivity index (χ2v) is 5.66. The lowest BCUT2D eigenvalue weighted by molar-refractivity contribution is 0.0698. The van der Waals surface area contributed by atoms with Gasteiger partial charge in [0.05, 0.1) is 5.56 Å². The Labute approximate surface area is 130 Å². The number of aryl methyl sites for hydroxylation is 1. The van der Waals surface area contributed by atoms with Crippen LogP contribution in [-0.2, 0) is 6.42 Å². The molecule has 0 heterocycles. The van der Waals surface area contributed by atoms with Crippen LogP contribution in [-0.4, -0.2) is 17.6 Å². The molecule has 0 aliphatic rings. The molecular weight excluding hydrogens is 337 g/mol. The van der Waals surface area contributed by atoms with Crippen LogP contribution in [0.4, 0.5) is 10.1 Å². The number of anilines is 1. The summed E-state index contributed by atoms with van der Waals surface area (Å²) in [5.74, 6) is -1.22. The van der Waals surface area contributed by atoms with Crippen LogP contribution in [0.2, 0.25) is 0 Å². The van der Waals surface area contributed by atoms with Gasteiger partial charge in [0, 0.05) is 16.7 Å². The predicted molar refractivity (Wildman–Crippen MR) is 84.4 cm³/mol. The molecule has 3 nitrogen and oxygen atoms in total. The van der Waals surface area contributed by atoms with E-state index in [-0.39, 0.29) is 11.4 Å². The fraction of sp³-hybridized carbons (Fsp3) is 0.188. The van der Waals surface area contributed by atoms with Gasteiger partial charge in [-0.1, -0.05) is 22.0 Å². The third kappa shape index (κ3) is 4.04. The van der Waals surface area contributed by atoms with Gasteiger partial charge < -0.3 is 10.4 Å². The summed E-state index contributed by atoms with van der Waals surface area (Å²) in [6, 6.07) is 9.77. The summed E-state index contributed by atoms with van der Waals surface area (Å²) < 4.78 is 13.8. The fourth-order valence-corrected chi connectivity index (χ4v) is 2.48. The Morgan fingerprint density at radius 3 is 2.71 bits per heavy atom. The highest BCUT2D eigenvalue weighted by atomic mass is 79.9. The minimum atomic E-state index is -0.975. The van der Waals surface area contributed by atoms with Crippen molar-refractivity contribution in [2.24, 2.45) is 0 Å². The SMILES string of the molecule is Cc1cc(F)ccc1CCNc1ccc(Br)cc1C(=O)O. The zero-order valence-electron chi connectivity index (χ0n) is 11.5. The number of carbonyl (C=O) groups is 1. The van der Waals surface area contributed by atoms with Crippen LogP contribution in [0.25, 0.3) is 0 Å². The fourth-order valence-electron chi connectivity index (χ4n) is 2.12. The molecule has 21 heavy (non-hydrogen) atoms. The Morgan fingerprint density at radius 2 is 2.05 bits per heavy atom. The second kappa shape index (κ2) is 6.72. The summed E-state index contributed by atoms with van der Waals surface area (Å²) in [6.07, 6.45) is 0.696. The summed E-state index contributed by atoms with van der Waals surface area (Å²) in [7, 11) is 0. The van der Waals surface area contributed by atoms with E-state index in [0.717, 1.165) is 15.6 Å². The van der Waals surface area contributed by atoms with Crippen LogP contribution in [0, 0.1) is 12.7 Å². The predicted octanol–water partition coefficient (Wildman–Crippen LogP) is 4.25. The molecule has 0 unspecified atom stereocenters. The lowest BCUT2D eigenvalue weighted by Gasteiger charge is -2.11. The number of carboxylic acids is 1. The standard InChI is InChI=1S/C16H15BrFNO2/c1-10-8-13(18)4-2-11(10)6-7-19-15-5-3-12(17)9-14(15)16(20)21/h2-5,8-9,19H,6-7H2,1H3,(H,20,21). The van der Waals surface area contributed by atoms with Crippen LogP contribution in [0.15, 0.2) is 40.9 Å². The maximum Gasteiger partial charge on any atom is 0.337 e. The van der Waals surface area contributed by atoms with Crippen molar-refractivity contribution in [1.29, 1.82) is 0 Å². The van der Waals surface area contributed by atoms with Crippen molar-refractivity contribution in [3.05, 3.63) is 63.4 Å². The molecule has 110 valence electrons. The monoisotopic (exact) mass is 351 g/mol. The van der Waals surface area contributed by atoms with E-state index in [1.54, 1.807) is 24.3 Å². The maximum atomic E-state index is 13.0. The zero-order chi connectivity index (χ0) is 15.4. The summed E-state index contributed by atoms with van der Waals surface area (Å²) >= 11 is 3.26. The van der Waals surface area contributed by atoms with E-state index < -0.39 is 5.97 Å². The molecule has 0 spiro atoms. The maximum absolute atomic E-state index is 13.0. The van der Waals surface area contributed by atoms with Gasteiger partial charge in [-0.15, -0.1) is 0 Å². The Hall–Kier alpha value is -1.88. The molecule has 2 rings (SSSR count). The van der Waals surface area contributed by atoms with Crippen LogP contribution in [0.3, 0.4) is 0 Å². The molecule has 0 amide bonds. The average Bonchev–Trinajstić information content (AvgIpc) is 2.42. The Balaban J connectivity index is 2.05. The smallest absolute Gasteiger partial charge is 0.337 e. The van der Waals surface area contributed by atoms with Crippen molar-refractivity contribution >= 4 is 27.6 Å². The minimum Gasteiger partial charge on any atom is -0.478 e. The lowest BCUT2D eigenvalue weighted by Crippen LogP contribution is -2.10. The van der Waals surface area contributed by atoms with Crippen molar-refractivity contribution in [3.63, 3.8) is 0 Å². The quantitative estimate of drug-likeness (QED) is 0.846. The number of aromatic carboxylic acids is 1. The van der Waals surface area contributed by atoms with E-state index in [1.165, 1.54) is 12.1 Å². The first-order valence-corrected chi connectivity index (χ1v) is 7.28. The first-order chi connectivity index (χ1) is 9.97. The molecule has 0 saturated heterocycles. The molecule has 0 fully saturated rings. The van der Waals surface area contributed by atoms with Gasteiger partial charge in [-0.25, -0.2) is 9.18 Å². The summed E-state index contributed by atoms with van der Waals surface area (Å²) in [6.45, 7) is 2.44. The first kappa shape index (κ1) is 15.5. The van der Waals surface area contributed by atoms with E-state index in [4.69, 9.17) is 0 Å². The van der Waals surface area contributed by atoms with Crippen LogP contribution in [0.5, 0.6) is 0 Å². The highest BCUT2D eigenvalue weighted by Crippen LogP contribution is 2.21. The van der Waals surface area contributed by atoms with Crippen LogP contribution < -0.4 is 5.32 Å². The molecule has 0 aliphatic heterocycles. The molecule has 5 heteroatoms. The number of carboxylic acid groups (broad SMARTS) is 1. The van der Waals surface area contributed by atoms with E-state index in [1.807, 2.05) is 6.92 Å². The number of benzene rings is 2. The number of hydrogen-bond donors (Lipinski definition) is 2. The van der Waals surface area contributed by atoms with Crippen LogP contribution in [0.1, 0.15) is 21.5 Å². The molecule has 0 bridgehead atoms. The Morgan fingerprint density at radius 1 is 1.29 bits per heavy atom. The van der Waals surface area contributed by atoms with E-state index in [0.29, 0.717) is 18.7 Å². The summed E-state index contributed by atoms with van der Waals surface area (Å²) in [5.41, 5.74) is 2.73. The largest absolute Gasteiger partial charge is 0.478 e. The lowest BCUT2D eigenvalue weighted by atomic mass is 10.1. The van der Waals surface area contributed by atoms with Crippen molar-refractivity contribution in [2.45, 2.75) is 13.3 Å². The topological polar surface area (TPSA) is 49.3 Å². The van der Waals surface area contributed by atoms with Crippen molar-refractivity contribution in [3.8, 4) is 0 Å². The normalized spacial score (nSPS) is 10.4. The molecule has 0 aromatic heterocycles. The third-order valence-electron chi connectivity index (χ3n) is 3.23. The van der Waals surface area contributed by atoms with Crippen molar-refractivity contribution < 1.29 is 14.3 Å². The molecule has 0 radical (unpaired) electrons. The van der Waals surface area contributed by atoms with E-state index in [9.17, 15) is 14.3 Å². The summed E-state index contributed by atoms with van der Waals surface area (Å²) in [5, 5.41) is 12.3. The molecule has 2 aromatic rings. The highest BCUT2D eigenvalue weighted by molar-refractivity contribution is 9.10. The molecule has 2 aromatic carbocycles. The van der Waals surface area contributed by atoms with Crippen LogP contribution >= 0.6 is 15.9 Å². The molecular formula is C16H15BrFNO2.